The molecule has 1 atom stereocenters. The van der Waals surface area contributed by atoms with E-state index >= 15 is 0 Å². The number of ketones is 1. The van der Waals surface area contributed by atoms with Gasteiger partial charge in [0.25, 0.3) is 0 Å². The fourth-order valence-corrected chi connectivity index (χ4v) is 4.19. The molecule has 2 saturated heterocycles. The van der Waals surface area contributed by atoms with E-state index in [0.29, 0.717) is 55.2 Å². The number of likely N-dealkylation sites (tertiary alicyclic amines) is 1. The van der Waals surface area contributed by atoms with Crippen molar-refractivity contribution in [2.75, 3.05) is 52.4 Å². The van der Waals surface area contributed by atoms with Crippen molar-refractivity contribution in [1.29, 1.82) is 0 Å². The van der Waals surface area contributed by atoms with E-state index in [2.05, 4.69) is 11.8 Å². The van der Waals surface area contributed by atoms with Gasteiger partial charge in [-0.3, -0.25) is 9.69 Å². The molecule has 1 amide bonds. The molecule has 0 saturated carbocycles. The molecule has 0 aliphatic carbocycles. The van der Waals surface area contributed by atoms with Crippen LogP contribution in [0, 0.1) is 0 Å². The van der Waals surface area contributed by atoms with Crippen LogP contribution >= 0.6 is 11.6 Å². The SMILES string of the molecule is C[C@@H]1CCCN1CCCOc1ccc(C(=O)CN2CCN(C(=O)O)CC2)cc1Cl. The van der Waals surface area contributed by atoms with Gasteiger partial charge in [-0.15, -0.1) is 0 Å². The van der Waals surface area contributed by atoms with Gasteiger partial charge in [0.15, 0.2) is 5.78 Å². The number of carbonyl (C=O) groups is 2. The number of halogens is 1. The predicted octanol–water partition coefficient (Wildman–Crippen LogP) is 3.07. The minimum Gasteiger partial charge on any atom is -0.492 e. The van der Waals surface area contributed by atoms with Crippen LogP contribution < -0.4 is 4.74 Å². The second kappa shape index (κ2) is 10.3. The van der Waals surface area contributed by atoms with Gasteiger partial charge in [0.2, 0.25) is 0 Å². The summed E-state index contributed by atoms with van der Waals surface area (Å²) < 4.78 is 5.81. The third-order valence-corrected chi connectivity index (χ3v) is 6.10. The van der Waals surface area contributed by atoms with E-state index < -0.39 is 6.09 Å². The summed E-state index contributed by atoms with van der Waals surface area (Å²) in [5.41, 5.74) is 0.550. The largest absolute Gasteiger partial charge is 0.492 e. The minimum absolute atomic E-state index is 0.0229. The summed E-state index contributed by atoms with van der Waals surface area (Å²) in [5.74, 6) is 0.581. The van der Waals surface area contributed by atoms with Gasteiger partial charge in [0, 0.05) is 44.3 Å². The van der Waals surface area contributed by atoms with Crippen molar-refractivity contribution in [2.24, 2.45) is 0 Å². The fourth-order valence-electron chi connectivity index (χ4n) is 3.96. The van der Waals surface area contributed by atoms with Gasteiger partial charge in [-0.2, -0.15) is 0 Å². The Hall–Kier alpha value is -1.83. The molecule has 1 aromatic rings. The molecule has 8 heteroatoms. The smallest absolute Gasteiger partial charge is 0.407 e. The fraction of sp³-hybridized carbons (Fsp3) is 0.619. The summed E-state index contributed by atoms with van der Waals surface area (Å²) in [6.45, 7) is 7.30. The second-order valence-electron chi connectivity index (χ2n) is 7.84. The van der Waals surface area contributed by atoms with Gasteiger partial charge in [-0.25, -0.2) is 4.79 Å². The molecule has 2 aliphatic heterocycles. The lowest BCUT2D eigenvalue weighted by Gasteiger charge is -2.32. The first kappa shape index (κ1) is 21.9. The molecule has 2 fully saturated rings. The van der Waals surface area contributed by atoms with Crippen LogP contribution in [-0.2, 0) is 0 Å². The second-order valence-corrected chi connectivity index (χ2v) is 8.25. The lowest BCUT2D eigenvalue weighted by atomic mass is 10.1. The van der Waals surface area contributed by atoms with Crippen LogP contribution in [0.15, 0.2) is 18.2 Å². The molecule has 160 valence electrons. The Bertz CT molecular complexity index is 722. The first-order chi connectivity index (χ1) is 13.9. The van der Waals surface area contributed by atoms with E-state index in [1.807, 2.05) is 4.90 Å². The predicted molar refractivity (Wildman–Crippen MR) is 112 cm³/mol. The highest BCUT2D eigenvalue weighted by molar-refractivity contribution is 6.32. The van der Waals surface area contributed by atoms with Crippen molar-refractivity contribution >= 4 is 23.5 Å². The van der Waals surface area contributed by atoms with E-state index in [1.165, 1.54) is 24.3 Å². The molecule has 29 heavy (non-hydrogen) atoms. The normalized spacial score (nSPS) is 20.8. The van der Waals surface area contributed by atoms with E-state index in [1.54, 1.807) is 18.2 Å². The number of carbonyl (C=O) groups excluding carboxylic acids is 1. The Morgan fingerprint density at radius 1 is 1.21 bits per heavy atom. The van der Waals surface area contributed by atoms with Crippen LogP contribution in [-0.4, -0.2) is 90.1 Å². The van der Waals surface area contributed by atoms with Gasteiger partial charge >= 0.3 is 6.09 Å². The Labute approximate surface area is 177 Å². The molecule has 0 radical (unpaired) electrons. The zero-order valence-electron chi connectivity index (χ0n) is 17.0. The first-order valence-corrected chi connectivity index (χ1v) is 10.7. The number of carboxylic acid groups (broad SMARTS) is 1. The lowest BCUT2D eigenvalue weighted by Crippen LogP contribution is -2.49. The van der Waals surface area contributed by atoms with Gasteiger partial charge < -0.3 is 19.6 Å². The highest BCUT2D eigenvalue weighted by Gasteiger charge is 2.22. The molecule has 7 nitrogen and oxygen atoms in total. The molecule has 3 rings (SSSR count). The molecule has 1 N–H and O–H groups in total. The van der Waals surface area contributed by atoms with Gasteiger partial charge in [-0.1, -0.05) is 11.6 Å². The highest BCUT2D eigenvalue weighted by atomic mass is 35.5. The number of ether oxygens (including phenoxy) is 1. The number of Topliss-reactive ketones (excluding diaryl/α,β-unsaturated/α-hetero) is 1. The van der Waals surface area contributed by atoms with Gasteiger partial charge in [0.05, 0.1) is 18.2 Å². The van der Waals surface area contributed by atoms with E-state index in [9.17, 15) is 9.59 Å². The van der Waals surface area contributed by atoms with Gasteiger partial charge in [0.1, 0.15) is 5.75 Å². The third kappa shape index (κ3) is 6.07. The number of piperazine rings is 1. The van der Waals surface area contributed by atoms with Crippen LogP contribution in [0.25, 0.3) is 0 Å². The number of benzene rings is 1. The van der Waals surface area contributed by atoms with E-state index in [-0.39, 0.29) is 12.3 Å². The van der Waals surface area contributed by atoms with E-state index in [4.69, 9.17) is 21.4 Å². The molecule has 0 bridgehead atoms. The monoisotopic (exact) mass is 423 g/mol. The molecule has 1 aromatic carbocycles. The Morgan fingerprint density at radius 3 is 2.59 bits per heavy atom. The van der Waals surface area contributed by atoms with Crippen LogP contribution in [0.5, 0.6) is 5.75 Å². The van der Waals surface area contributed by atoms with E-state index in [0.717, 1.165) is 13.0 Å². The average Bonchev–Trinajstić information content (AvgIpc) is 3.11. The van der Waals surface area contributed by atoms with Crippen molar-refractivity contribution in [2.45, 2.75) is 32.2 Å². The van der Waals surface area contributed by atoms with Crippen molar-refractivity contribution < 1.29 is 19.4 Å². The summed E-state index contributed by atoms with van der Waals surface area (Å²) in [5, 5.41) is 9.44. The van der Waals surface area contributed by atoms with Gasteiger partial charge in [-0.05, 0) is 50.9 Å². The van der Waals surface area contributed by atoms with Crippen LogP contribution in [0.3, 0.4) is 0 Å². The zero-order chi connectivity index (χ0) is 20.8. The Kier molecular flexibility index (Phi) is 7.75. The summed E-state index contributed by atoms with van der Waals surface area (Å²) >= 11 is 6.33. The summed E-state index contributed by atoms with van der Waals surface area (Å²) in [7, 11) is 0. The third-order valence-electron chi connectivity index (χ3n) is 5.80. The number of hydrogen-bond donors (Lipinski definition) is 1. The molecular weight excluding hydrogens is 394 g/mol. The van der Waals surface area contributed by atoms with Crippen molar-refractivity contribution in [3.05, 3.63) is 28.8 Å². The maximum atomic E-state index is 12.6. The maximum absolute atomic E-state index is 12.6. The van der Waals surface area contributed by atoms with Crippen LogP contribution in [0.2, 0.25) is 5.02 Å². The molecular formula is C21H30ClN3O4. The van der Waals surface area contributed by atoms with Crippen LogP contribution in [0.4, 0.5) is 4.79 Å². The number of nitrogens with zero attached hydrogens (tertiary/aromatic N) is 3. The Balaban J connectivity index is 1.43. The topological polar surface area (TPSA) is 73.3 Å². The molecule has 2 aliphatic rings. The molecule has 0 spiro atoms. The highest BCUT2D eigenvalue weighted by Crippen LogP contribution is 2.26. The molecule has 0 aromatic heterocycles. The average molecular weight is 424 g/mol. The van der Waals surface area contributed by atoms with Crippen molar-refractivity contribution in [3.8, 4) is 5.75 Å². The van der Waals surface area contributed by atoms with Crippen molar-refractivity contribution in [1.82, 2.24) is 14.7 Å². The molecule has 0 unspecified atom stereocenters. The standard InChI is InChI=1S/C21H30ClN3O4/c1-16-4-2-7-24(16)8-3-13-29-20-6-5-17(14-18(20)22)19(26)15-23-9-11-25(12-10-23)21(27)28/h5-6,14,16H,2-4,7-13,15H2,1H3,(H,27,28)/t16-/m1/s1. The quantitative estimate of drug-likeness (QED) is 0.511. The first-order valence-electron chi connectivity index (χ1n) is 10.3. The summed E-state index contributed by atoms with van der Waals surface area (Å²) in [6, 6.07) is 5.83. The zero-order valence-corrected chi connectivity index (χ0v) is 17.7. The summed E-state index contributed by atoms with van der Waals surface area (Å²) in [6.07, 6.45) is 2.59. The minimum atomic E-state index is -0.909. The van der Waals surface area contributed by atoms with Crippen molar-refractivity contribution in [3.63, 3.8) is 0 Å². The lowest BCUT2D eigenvalue weighted by molar-refractivity contribution is 0.0835. The van der Waals surface area contributed by atoms with Crippen LogP contribution in [0.1, 0.15) is 36.5 Å². The Morgan fingerprint density at radius 2 is 1.97 bits per heavy atom. The summed E-state index contributed by atoms with van der Waals surface area (Å²) in [4.78, 5) is 29.3. The maximum Gasteiger partial charge on any atom is 0.407 e. The number of amides is 1. The molecule has 2 heterocycles. The number of hydrogen-bond acceptors (Lipinski definition) is 5. The number of rotatable bonds is 8.